The van der Waals surface area contributed by atoms with E-state index in [0.29, 0.717) is 12.1 Å². The zero-order chi connectivity index (χ0) is 10.6. The van der Waals surface area contributed by atoms with Crippen LogP contribution in [-0.4, -0.2) is 15.7 Å². The van der Waals surface area contributed by atoms with Gasteiger partial charge in [0.2, 0.25) is 5.91 Å². The van der Waals surface area contributed by atoms with Gasteiger partial charge >= 0.3 is 0 Å². The largest absolute Gasteiger partial charge is 0.396 e. The number of amides is 1. The number of carbonyl (C=O) groups excluding carboxylic acids is 1. The molecule has 0 atom stereocenters. The van der Waals surface area contributed by atoms with Crippen molar-refractivity contribution in [3.8, 4) is 0 Å². The van der Waals surface area contributed by atoms with E-state index >= 15 is 0 Å². The Hall–Kier alpha value is -1.52. The summed E-state index contributed by atoms with van der Waals surface area (Å²) in [5.74, 6) is -0.248. The molecule has 0 unspecified atom stereocenters. The number of nitrogens with zero attached hydrogens (tertiary/aromatic N) is 2. The lowest BCUT2D eigenvalue weighted by Gasteiger charge is -2.03. The van der Waals surface area contributed by atoms with E-state index in [-0.39, 0.29) is 5.91 Å². The van der Waals surface area contributed by atoms with Crippen molar-refractivity contribution in [3.05, 3.63) is 11.9 Å². The first-order valence-corrected chi connectivity index (χ1v) is 4.67. The highest BCUT2D eigenvalue weighted by molar-refractivity contribution is 5.73. The molecule has 14 heavy (non-hydrogen) atoms. The van der Waals surface area contributed by atoms with Crippen LogP contribution in [0, 0.1) is 6.92 Å². The molecule has 1 heterocycles. The van der Waals surface area contributed by atoms with Crippen LogP contribution in [0.3, 0.4) is 0 Å². The Balaban J connectivity index is 2.31. The summed E-state index contributed by atoms with van der Waals surface area (Å²) in [5, 5.41) is 4.11. The summed E-state index contributed by atoms with van der Waals surface area (Å²) in [6, 6.07) is 0. The number of aromatic nitrogens is 2. The first-order valence-electron chi connectivity index (χ1n) is 4.67. The Labute approximate surface area is 83.1 Å². The van der Waals surface area contributed by atoms with E-state index in [1.54, 1.807) is 6.20 Å². The Kier molecular flexibility index (Phi) is 3.50. The van der Waals surface area contributed by atoms with Crippen molar-refractivity contribution >= 4 is 11.6 Å². The highest BCUT2D eigenvalue weighted by atomic mass is 16.1. The fraction of sp³-hybridized carbons (Fsp3) is 0.556. The van der Waals surface area contributed by atoms with Gasteiger partial charge in [-0.25, -0.2) is 0 Å². The van der Waals surface area contributed by atoms with Crippen LogP contribution in [0.5, 0.6) is 0 Å². The minimum absolute atomic E-state index is 0.248. The normalized spacial score (nSPS) is 10.4. The Morgan fingerprint density at radius 3 is 2.79 bits per heavy atom. The van der Waals surface area contributed by atoms with E-state index in [4.69, 9.17) is 11.5 Å². The zero-order valence-electron chi connectivity index (χ0n) is 8.36. The number of rotatable bonds is 5. The third kappa shape index (κ3) is 2.76. The highest BCUT2D eigenvalue weighted by Gasteiger charge is 2.02. The first-order chi connectivity index (χ1) is 6.61. The minimum Gasteiger partial charge on any atom is -0.396 e. The van der Waals surface area contributed by atoms with Crippen LogP contribution in [0.15, 0.2) is 6.20 Å². The van der Waals surface area contributed by atoms with Crippen LogP contribution >= 0.6 is 0 Å². The number of carbonyl (C=O) groups is 1. The van der Waals surface area contributed by atoms with Crippen LogP contribution in [0.4, 0.5) is 5.69 Å². The van der Waals surface area contributed by atoms with Gasteiger partial charge in [0, 0.05) is 13.0 Å². The van der Waals surface area contributed by atoms with E-state index < -0.39 is 0 Å². The van der Waals surface area contributed by atoms with E-state index in [1.807, 2.05) is 11.6 Å². The molecular weight excluding hydrogens is 180 g/mol. The second-order valence-electron chi connectivity index (χ2n) is 3.33. The highest BCUT2D eigenvalue weighted by Crippen LogP contribution is 2.09. The van der Waals surface area contributed by atoms with Gasteiger partial charge in [0.05, 0.1) is 17.6 Å². The maximum Gasteiger partial charge on any atom is 0.217 e. The molecule has 0 fully saturated rings. The van der Waals surface area contributed by atoms with Gasteiger partial charge in [0.15, 0.2) is 0 Å². The fourth-order valence-electron chi connectivity index (χ4n) is 1.25. The maximum absolute atomic E-state index is 10.5. The monoisotopic (exact) mass is 196 g/mol. The van der Waals surface area contributed by atoms with Crippen molar-refractivity contribution in [1.82, 2.24) is 9.78 Å². The predicted octanol–water partition coefficient (Wildman–Crippen LogP) is 0.429. The summed E-state index contributed by atoms with van der Waals surface area (Å²) in [6.45, 7) is 2.72. The standard InChI is InChI=1S/C9H16N4O/c1-7-8(10)6-12-13(7)5-3-2-4-9(11)14/h6H,2-5,10H2,1H3,(H2,11,14). The second kappa shape index (κ2) is 4.64. The van der Waals surface area contributed by atoms with E-state index in [0.717, 1.165) is 25.1 Å². The van der Waals surface area contributed by atoms with Crippen LogP contribution in [0.2, 0.25) is 0 Å². The van der Waals surface area contributed by atoms with Gasteiger partial charge in [-0.1, -0.05) is 0 Å². The van der Waals surface area contributed by atoms with Gasteiger partial charge in [-0.3, -0.25) is 9.48 Å². The number of aryl methyl sites for hydroxylation is 1. The quantitative estimate of drug-likeness (QED) is 0.669. The van der Waals surface area contributed by atoms with Crippen molar-refractivity contribution in [2.24, 2.45) is 5.73 Å². The molecule has 0 bridgehead atoms. The predicted molar refractivity (Wildman–Crippen MR) is 54.4 cm³/mol. The molecule has 0 aliphatic rings. The van der Waals surface area contributed by atoms with Crippen molar-refractivity contribution in [1.29, 1.82) is 0 Å². The molecule has 5 heteroatoms. The molecule has 0 saturated heterocycles. The Morgan fingerprint density at radius 2 is 2.29 bits per heavy atom. The van der Waals surface area contributed by atoms with Crippen molar-refractivity contribution in [2.75, 3.05) is 5.73 Å². The Morgan fingerprint density at radius 1 is 1.57 bits per heavy atom. The number of primary amides is 1. The van der Waals surface area contributed by atoms with Crippen LogP contribution in [0.25, 0.3) is 0 Å². The SMILES string of the molecule is Cc1c(N)cnn1CCCCC(N)=O. The molecule has 0 aliphatic heterocycles. The summed E-state index contributed by atoms with van der Waals surface area (Å²) in [7, 11) is 0. The Bertz CT molecular complexity index is 319. The van der Waals surface area contributed by atoms with Crippen LogP contribution in [-0.2, 0) is 11.3 Å². The molecule has 1 aromatic heterocycles. The van der Waals surface area contributed by atoms with Gasteiger partial charge < -0.3 is 11.5 Å². The third-order valence-corrected chi connectivity index (χ3v) is 2.18. The van der Waals surface area contributed by atoms with Crippen molar-refractivity contribution < 1.29 is 4.79 Å². The zero-order valence-corrected chi connectivity index (χ0v) is 8.36. The maximum atomic E-state index is 10.5. The summed E-state index contributed by atoms with van der Waals surface area (Å²) < 4.78 is 1.84. The van der Waals surface area contributed by atoms with Crippen LogP contribution in [0.1, 0.15) is 25.0 Å². The fourth-order valence-corrected chi connectivity index (χ4v) is 1.25. The number of hydrogen-bond acceptors (Lipinski definition) is 3. The van der Waals surface area contributed by atoms with Gasteiger partial charge in [-0.2, -0.15) is 5.10 Å². The first kappa shape index (κ1) is 10.6. The third-order valence-electron chi connectivity index (χ3n) is 2.18. The number of anilines is 1. The van der Waals surface area contributed by atoms with Crippen molar-refractivity contribution in [2.45, 2.75) is 32.7 Å². The van der Waals surface area contributed by atoms with E-state index in [1.165, 1.54) is 0 Å². The molecule has 0 saturated carbocycles. The molecule has 1 aromatic rings. The molecule has 1 rings (SSSR count). The molecule has 5 nitrogen and oxygen atoms in total. The molecule has 1 amide bonds. The number of nitrogen functional groups attached to an aromatic ring is 1. The molecule has 0 aromatic carbocycles. The van der Waals surface area contributed by atoms with Crippen LogP contribution < -0.4 is 11.5 Å². The molecule has 0 radical (unpaired) electrons. The van der Waals surface area contributed by atoms with Gasteiger partial charge in [-0.15, -0.1) is 0 Å². The number of unbranched alkanes of at least 4 members (excludes halogenated alkanes) is 1. The summed E-state index contributed by atoms with van der Waals surface area (Å²) in [6.07, 6.45) is 3.78. The number of nitrogens with two attached hydrogens (primary N) is 2. The lowest BCUT2D eigenvalue weighted by molar-refractivity contribution is -0.118. The lowest BCUT2D eigenvalue weighted by Crippen LogP contribution is -2.10. The second-order valence-corrected chi connectivity index (χ2v) is 3.33. The molecule has 0 aliphatic carbocycles. The molecule has 0 spiro atoms. The van der Waals surface area contributed by atoms with Gasteiger partial charge in [0.1, 0.15) is 0 Å². The van der Waals surface area contributed by atoms with Crippen molar-refractivity contribution in [3.63, 3.8) is 0 Å². The molecular formula is C9H16N4O. The minimum atomic E-state index is -0.248. The average molecular weight is 196 g/mol. The summed E-state index contributed by atoms with van der Waals surface area (Å²) in [5.41, 5.74) is 12.3. The smallest absolute Gasteiger partial charge is 0.217 e. The van der Waals surface area contributed by atoms with E-state index in [2.05, 4.69) is 5.10 Å². The molecule has 4 N–H and O–H groups in total. The summed E-state index contributed by atoms with van der Waals surface area (Å²) >= 11 is 0. The lowest BCUT2D eigenvalue weighted by atomic mass is 10.2. The number of hydrogen-bond donors (Lipinski definition) is 2. The van der Waals surface area contributed by atoms with E-state index in [9.17, 15) is 4.79 Å². The molecule has 78 valence electrons. The van der Waals surface area contributed by atoms with Gasteiger partial charge in [-0.05, 0) is 19.8 Å². The summed E-state index contributed by atoms with van der Waals surface area (Å²) in [4.78, 5) is 10.5. The van der Waals surface area contributed by atoms with Gasteiger partial charge in [0.25, 0.3) is 0 Å². The topological polar surface area (TPSA) is 86.9 Å². The average Bonchev–Trinajstić information content (AvgIpc) is 2.43.